The molecule has 0 amide bonds. The fourth-order valence-corrected chi connectivity index (χ4v) is 2.29. The van der Waals surface area contributed by atoms with E-state index in [-0.39, 0.29) is 6.10 Å². The molecule has 3 rings (SSSR count). The zero-order valence-corrected chi connectivity index (χ0v) is 12.1. The summed E-state index contributed by atoms with van der Waals surface area (Å²) >= 11 is 0. The van der Waals surface area contributed by atoms with Crippen LogP contribution in [0.4, 0.5) is 0 Å². The van der Waals surface area contributed by atoms with Crippen LogP contribution in [0.5, 0.6) is 5.75 Å². The Morgan fingerprint density at radius 1 is 1.24 bits per heavy atom. The third-order valence-electron chi connectivity index (χ3n) is 3.23. The third kappa shape index (κ3) is 2.91. The van der Waals surface area contributed by atoms with Gasteiger partial charge in [-0.1, -0.05) is 23.4 Å². The fraction of sp³-hybridized carbons (Fsp3) is 0.467. The van der Waals surface area contributed by atoms with E-state index in [0.717, 1.165) is 17.7 Å². The Hall–Kier alpha value is -1.92. The molecular weight excluding hydrogens is 272 g/mol. The van der Waals surface area contributed by atoms with Gasteiger partial charge in [0.05, 0.1) is 0 Å². The van der Waals surface area contributed by atoms with E-state index in [1.54, 1.807) is 0 Å². The molecule has 21 heavy (non-hydrogen) atoms. The van der Waals surface area contributed by atoms with E-state index in [0.29, 0.717) is 24.9 Å². The van der Waals surface area contributed by atoms with Gasteiger partial charge in [0.1, 0.15) is 5.75 Å². The van der Waals surface area contributed by atoms with Crippen molar-refractivity contribution in [3.8, 4) is 5.75 Å². The maximum Gasteiger partial charge on any atom is 0.283 e. The zero-order valence-electron chi connectivity index (χ0n) is 12.1. The molecule has 0 aliphatic carbocycles. The van der Waals surface area contributed by atoms with Gasteiger partial charge in [0.2, 0.25) is 12.1 Å². The lowest BCUT2D eigenvalue weighted by atomic mass is 10.1. The highest BCUT2D eigenvalue weighted by Crippen LogP contribution is 2.35. The van der Waals surface area contributed by atoms with E-state index < -0.39 is 6.29 Å². The van der Waals surface area contributed by atoms with E-state index in [4.69, 9.17) is 18.7 Å². The summed E-state index contributed by atoms with van der Waals surface area (Å²) in [5.41, 5.74) is 1.15. The molecule has 0 N–H and O–H groups in total. The van der Waals surface area contributed by atoms with E-state index in [1.807, 2.05) is 38.1 Å². The normalized spacial score (nSPS) is 17.0. The smallest absolute Gasteiger partial charge is 0.283 e. The average molecular weight is 290 g/mol. The largest absolute Gasteiger partial charge is 0.482 e. The molecule has 0 fully saturated rings. The van der Waals surface area contributed by atoms with Crippen LogP contribution in [-0.2, 0) is 15.9 Å². The highest BCUT2D eigenvalue weighted by atomic mass is 16.7. The second kappa shape index (κ2) is 6.24. The number of nitrogens with zero attached hydrogens (tertiary/aromatic N) is 2. The molecule has 0 spiro atoms. The van der Waals surface area contributed by atoms with Gasteiger partial charge in [-0.3, -0.25) is 0 Å². The van der Waals surface area contributed by atoms with Crippen molar-refractivity contribution in [3.05, 3.63) is 41.5 Å². The predicted molar refractivity (Wildman–Crippen MR) is 73.8 cm³/mol. The molecule has 1 aliphatic heterocycles. The van der Waals surface area contributed by atoms with Gasteiger partial charge >= 0.3 is 0 Å². The fourth-order valence-electron chi connectivity index (χ4n) is 2.29. The Bertz CT molecular complexity index is 568. The first-order valence-corrected chi connectivity index (χ1v) is 7.13. The van der Waals surface area contributed by atoms with Gasteiger partial charge in [-0.15, -0.1) is 0 Å². The average Bonchev–Trinajstić information content (AvgIpc) is 3.13. The number of ether oxygens (including phenoxy) is 3. The zero-order chi connectivity index (χ0) is 14.7. The first kappa shape index (κ1) is 14.0. The Balaban J connectivity index is 1.74. The van der Waals surface area contributed by atoms with Gasteiger partial charge in [0.25, 0.3) is 5.89 Å². The Morgan fingerprint density at radius 3 is 2.71 bits per heavy atom. The predicted octanol–water partition coefficient (Wildman–Crippen LogP) is 2.82. The molecule has 6 nitrogen and oxygen atoms in total. The number of para-hydroxylation sites is 1. The second-order valence-electron chi connectivity index (χ2n) is 4.65. The van der Waals surface area contributed by atoms with Gasteiger partial charge in [-0.2, -0.15) is 4.98 Å². The summed E-state index contributed by atoms with van der Waals surface area (Å²) in [5, 5.41) is 4.00. The summed E-state index contributed by atoms with van der Waals surface area (Å²) in [4.78, 5) is 4.36. The van der Waals surface area contributed by atoms with Gasteiger partial charge in [0, 0.05) is 19.6 Å². The van der Waals surface area contributed by atoms with Crippen LogP contribution in [0, 0.1) is 0 Å². The van der Waals surface area contributed by atoms with Crippen LogP contribution >= 0.6 is 0 Å². The van der Waals surface area contributed by atoms with Crippen LogP contribution in [-0.4, -0.2) is 23.4 Å². The lowest BCUT2D eigenvalue weighted by Crippen LogP contribution is -2.10. The molecule has 2 heterocycles. The minimum absolute atomic E-state index is 0.219. The van der Waals surface area contributed by atoms with Crippen molar-refractivity contribution in [2.75, 3.05) is 13.2 Å². The standard InChI is InChI=1S/C15H18N2O4/c1-3-18-15(19-4-2)14-16-13(17-21-14)12-9-10-7-5-6-8-11(10)20-12/h5-8,12,15H,3-4,9H2,1-2H3. The summed E-state index contributed by atoms with van der Waals surface area (Å²) in [7, 11) is 0. The van der Waals surface area contributed by atoms with Crippen molar-refractivity contribution >= 4 is 0 Å². The van der Waals surface area contributed by atoms with Gasteiger partial charge < -0.3 is 18.7 Å². The molecule has 1 atom stereocenters. The number of aromatic nitrogens is 2. The minimum atomic E-state index is -0.620. The van der Waals surface area contributed by atoms with Crippen molar-refractivity contribution < 1.29 is 18.7 Å². The van der Waals surface area contributed by atoms with Crippen molar-refractivity contribution in [2.24, 2.45) is 0 Å². The van der Waals surface area contributed by atoms with Crippen molar-refractivity contribution in [1.29, 1.82) is 0 Å². The molecule has 1 aliphatic rings. The lowest BCUT2D eigenvalue weighted by Gasteiger charge is -2.11. The molecule has 6 heteroatoms. The first-order chi connectivity index (χ1) is 10.3. The number of benzene rings is 1. The molecule has 1 aromatic carbocycles. The maximum absolute atomic E-state index is 5.84. The molecule has 112 valence electrons. The Labute approximate surface area is 123 Å². The van der Waals surface area contributed by atoms with Gasteiger partial charge in [-0.05, 0) is 25.5 Å². The van der Waals surface area contributed by atoms with Crippen molar-refractivity contribution in [2.45, 2.75) is 32.7 Å². The topological polar surface area (TPSA) is 66.6 Å². The number of rotatable bonds is 6. The second-order valence-corrected chi connectivity index (χ2v) is 4.65. The molecule has 1 unspecified atom stereocenters. The third-order valence-corrected chi connectivity index (χ3v) is 3.23. The van der Waals surface area contributed by atoms with E-state index in [1.165, 1.54) is 0 Å². The van der Waals surface area contributed by atoms with Gasteiger partial charge in [0.15, 0.2) is 6.10 Å². The molecule has 0 saturated heterocycles. The van der Waals surface area contributed by atoms with Crippen LogP contribution in [0.1, 0.15) is 43.5 Å². The summed E-state index contributed by atoms with van der Waals surface area (Å²) < 4.78 is 22.0. The summed E-state index contributed by atoms with van der Waals surface area (Å²) in [6.45, 7) is 4.79. The van der Waals surface area contributed by atoms with Crippen LogP contribution in [0.15, 0.2) is 28.8 Å². The first-order valence-electron chi connectivity index (χ1n) is 7.13. The van der Waals surface area contributed by atoms with Crippen molar-refractivity contribution in [3.63, 3.8) is 0 Å². The Kier molecular flexibility index (Phi) is 4.17. The van der Waals surface area contributed by atoms with Gasteiger partial charge in [-0.25, -0.2) is 0 Å². The van der Waals surface area contributed by atoms with Crippen LogP contribution in [0.3, 0.4) is 0 Å². The van der Waals surface area contributed by atoms with E-state index in [9.17, 15) is 0 Å². The molecular formula is C15H18N2O4. The van der Waals surface area contributed by atoms with Crippen LogP contribution in [0.25, 0.3) is 0 Å². The highest BCUT2D eigenvalue weighted by Gasteiger charge is 2.30. The molecule has 0 radical (unpaired) electrons. The highest BCUT2D eigenvalue weighted by molar-refractivity contribution is 5.37. The van der Waals surface area contributed by atoms with Crippen LogP contribution < -0.4 is 4.74 Å². The van der Waals surface area contributed by atoms with Crippen LogP contribution in [0.2, 0.25) is 0 Å². The molecule has 1 aromatic heterocycles. The van der Waals surface area contributed by atoms with Crippen molar-refractivity contribution in [1.82, 2.24) is 10.1 Å². The quantitative estimate of drug-likeness (QED) is 0.762. The SMILES string of the molecule is CCOC(OCC)c1nc(C2Cc3ccccc3O2)no1. The molecule has 2 aromatic rings. The van der Waals surface area contributed by atoms with E-state index >= 15 is 0 Å². The molecule has 0 bridgehead atoms. The van der Waals surface area contributed by atoms with E-state index in [2.05, 4.69) is 10.1 Å². The monoisotopic (exact) mass is 290 g/mol. The summed E-state index contributed by atoms with van der Waals surface area (Å²) in [5.74, 6) is 1.72. The number of hydrogen-bond acceptors (Lipinski definition) is 6. The summed E-state index contributed by atoms with van der Waals surface area (Å²) in [6.07, 6.45) is -0.0999. The minimum Gasteiger partial charge on any atom is -0.482 e. The number of hydrogen-bond donors (Lipinski definition) is 0. The lowest BCUT2D eigenvalue weighted by molar-refractivity contribution is -0.155. The molecule has 0 saturated carbocycles. The maximum atomic E-state index is 5.84. The number of fused-ring (bicyclic) bond motifs is 1. The Morgan fingerprint density at radius 2 is 2.00 bits per heavy atom. The summed E-state index contributed by atoms with van der Waals surface area (Å²) in [6, 6.07) is 7.93.